The number of nitrogen functional groups attached to an aromatic ring is 1. The molecule has 0 atom stereocenters. The van der Waals surface area contributed by atoms with Crippen molar-refractivity contribution in [1.29, 1.82) is 0 Å². The predicted molar refractivity (Wildman–Crippen MR) is 122 cm³/mol. The highest BCUT2D eigenvalue weighted by Gasteiger charge is 2.26. The number of carbonyl (C=O) groups is 1. The van der Waals surface area contributed by atoms with Crippen LogP contribution in [-0.4, -0.2) is 51.4 Å². The Balaban J connectivity index is 1.76. The van der Waals surface area contributed by atoms with E-state index in [0.717, 1.165) is 35.7 Å². The van der Waals surface area contributed by atoms with E-state index < -0.39 is 5.60 Å². The number of rotatable bonds is 5. The van der Waals surface area contributed by atoms with Crippen molar-refractivity contribution in [2.45, 2.75) is 37.7 Å². The summed E-state index contributed by atoms with van der Waals surface area (Å²) in [7, 11) is 1.59. The van der Waals surface area contributed by atoms with Crippen molar-refractivity contribution in [3.63, 3.8) is 0 Å². The van der Waals surface area contributed by atoms with Gasteiger partial charge in [-0.25, -0.2) is 4.98 Å². The molecule has 32 heavy (non-hydrogen) atoms. The van der Waals surface area contributed by atoms with Crippen molar-refractivity contribution >= 4 is 22.8 Å². The Labute approximate surface area is 186 Å². The standard InChI is InChI=1S/C24H27N5O3/c1-32-14-13-26-22(30)19-16-29(21-8-12-27-23(25)28-21)20-15-17(5-6-18(19)20)7-11-24(31)9-3-2-4-10-24/h5-6,8,12,15-16,31H,2-4,9-10,13-14H2,1H3,(H,26,30)(H2,25,27,28). The summed E-state index contributed by atoms with van der Waals surface area (Å²) in [5, 5.41) is 14.3. The molecular weight excluding hydrogens is 406 g/mol. The molecular formula is C24H27N5O3. The monoisotopic (exact) mass is 433 g/mol. The van der Waals surface area contributed by atoms with E-state index in [1.54, 1.807) is 30.1 Å². The third kappa shape index (κ3) is 4.74. The predicted octanol–water partition coefficient (Wildman–Crippen LogP) is 2.43. The maximum Gasteiger partial charge on any atom is 0.253 e. The van der Waals surface area contributed by atoms with Crippen LogP contribution in [0.1, 0.15) is 48.0 Å². The van der Waals surface area contributed by atoms with Crippen LogP contribution in [0, 0.1) is 11.8 Å². The number of nitrogens with two attached hydrogens (primary N) is 1. The molecule has 0 spiro atoms. The lowest BCUT2D eigenvalue weighted by molar-refractivity contribution is 0.0610. The molecule has 1 saturated carbocycles. The quantitative estimate of drug-likeness (QED) is 0.420. The molecule has 0 radical (unpaired) electrons. The highest BCUT2D eigenvalue weighted by molar-refractivity contribution is 6.07. The van der Waals surface area contributed by atoms with Gasteiger partial charge < -0.3 is 25.5 Å². The number of benzene rings is 1. The number of hydrogen-bond acceptors (Lipinski definition) is 6. The number of methoxy groups -OCH3 is 1. The average molecular weight is 434 g/mol. The molecule has 0 bridgehead atoms. The molecule has 0 unspecified atom stereocenters. The van der Waals surface area contributed by atoms with Crippen LogP contribution in [0.5, 0.6) is 0 Å². The largest absolute Gasteiger partial charge is 0.383 e. The van der Waals surface area contributed by atoms with Crippen molar-refractivity contribution < 1.29 is 14.6 Å². The Morgan fingerprint density at radius 2 is 2.12 bits per heavy atom. The van der Waals surface area contributed by atoms with Gasteiger partial charge in [0.15, 0.2) is 0 Å². The van der Waals surface area contributed by atoms with Crippen molar-refractivity contribution in [2.75, 3.05) is 26.0 Å². The molecule has 4 N–H and O–H groups in total. The van der Waals surface area contributed by atoms with E-state index in [4.69, 9.17) is 10.5 Å². The fourth-order valence-corrected chi connectivity index (χ4v) is 3.99. The van der Waals surface area contributed by atoms with Gasteiger partial charge >= 0.3 is 0 Å². The summed E-state index contributed by atoms with van der Waals surface area (Å²) < 4.78 is 6.82. The molecule has 1 aliphatic carbocycles. The molecule has 8 heteroatoms. The van der Waals surface area contributed by atoms with E-state index in [1.165, 1.54) is 0 Å². The van der Waals surface area contributed by atoms with Gasteiger partial charge in [0.1, 0.15) is 11.4 Å². The minimum atomic E-state index is -0.928. The smallest absolute Gasteiger partial charge is 0.253 e. The second kappa shape index (κ2) is 9.39. The zero-order chi connectivity index (χ0) is 22.6. The first kappa shape index (κ1) is 21.8. The minimum absolute atomic E-state index is 0.144. The van der Waals surface area contributed by atoms with Crippen LogP contribution < -0.4 is 11.1 Å². The highest BCUT2D eigenvalue weighted by Crippen LogP contribution is 2.28. The first-order chi connectivity index (χ1) is 15.5. The van der Waals surface area contributed by atoms with E-state index in [0.29, 0.717) is 37.4 Å². The fourth-order valence-electron chi connectivity index (χ4n) is 3.99. The SMILES string of the molecule is COCCNC(=O)c1cn(-c2ccnc(N)n2)c2cc(C#CC3(O)CCCCC3)ccc12. The van der Waals surface area contributed by atoms with Crippen LogP contribution in [-0.2, 0) is 4.74 Å². The van der Waals surface area contributed by atoms with Crippen LogP contribution in [0.25, 0.3) is 16.7 Å². The number of fused-ring (bicyclic) bond motifs is 1. The minimum Gasteiger partial charge on any atom is -0.383 e. The third-order valence-electron chi connectivity index (χ3n) is 5.67. The molecule has 1 aromatic carbocycles. The maximum atomic E-state index is 12.8. The maximum absolute atomic E-state index is 12.8. The fraction of sp³-hybridized carbons (Fsp3) is 0.375. The first-order valence-corrected chi connectivity index (χ1v) is 10.8. The van der Waals surface area contributed by atoms with Gasteiger partial charge in [-0.1, -0.05) is 24.3 Å². The Morgan fingerprint density at radius 1 is 1.31 bits per heavy atom. The van der Waals surface area contributed by atoms with E-state index >= 15 is 0 Å². The van der Waals surface area contributed by atoms with E-state index in [2.05, 4.69) is 27.1 Å². The summed E-state index contributed by atoms with van der Waals surface area (Å²) >= 11 is 0. The summed E-state index contributed by atoms with van der Waals surface area (Å²) in [6.07, 6.45) is 7.83. The molecule has 2 heterocycles. The lowest BCUT2D eigenvalue weighted by Gasteiger charge is -2.26. The summed E-state index contributed by atoms with van der Waals surface area (Å²) in [6, 6.07) is 7.37. The molecule has 3 aromatic rings. The zero-order valence-electron chi connectivity index (χ0n) is 18.1. The van der Waals surface area contributed by atoms with Crippen molar-refractivity contribution in [1.82, 2.24) is 19.9 Å². The third-order valence-corrected chi connectivity index (χ3v) is 5.67. The van der Waals surface area contributed by atoms with E-state index in [1.807, 2.05) is 18.2 Å². The average Bonchev–Trinajstić information content (AvgIpc) is 3.17. The van der Waals surface area contributed by atoms with Gasteiger partial charge in [-0.05, 0) is 43.9 Å². The van der Waals surface area contributed by atoms with Crippen molar-refractivity contribution in [3.8, 4) is 17.7 Å². The Kier molecular flexibility index (Phi) is 6.40. The molecule has 1 aliphatic rings. The Bertz CT molecular complexity index is 1190. The molecule has 4 rings (SSSR count). The normalized spacial score (nSPS) is 15.2. The van der Waals surface area contributed by atoms with Gasteiger partial charge in [-0.3, -0.25) is 4.79 Å². The van der Waals surface area contributed by atoms with Gasteiger partial charge in [0.25, 0.3) is 5.91 Å². The number of anilines is 1. The van der Waals surface area contributed by atoms with Crippen LogP contribution in [0.15, 0.2) is 36.7 Å². The number of aliphatic hydroxyl groups is 1. The number of carbonyl (C=O) groups excluding carboxylic acids is 1. The second-order valence-electron chi connectivity index (χ2n) is 8.01. The molecule has 2 aromatic heterocycles. The van der Waals surface area contributed by atoms with E-state index in [-0.39, 0.29) is 11.9 Å². The first-order valence-electron chi connectivity index (χ1n) is 10.8. The van der Waals surface area contributed by atoms with Crippen molar-refractivity contribution in [3.05, 3.63) is 47.8 Å². The second-order valence-corrected chi connectivity index (χ2v) is 8.01. The van der Waals surface area contributed by atoms with Gasteiger partial charge in [-0.2, -0.15) is 4.98 Å². The van der Waals surface area contributed by atoms with Crippen LogP contribution in [0.3, 0.4) is 0 Å². The number of aromatic nitrogens is 3. The number of nitrogens with zero attached hydrogens (tertiary/aromatic N) is 3. The van der Waals surface area contributed by atoms with Crippen LogP contribution in [0.4, 0.5) is 5.95 Å². The van der Waals surface area contributed by atoms with Crippen LogP contribution >= 0.6 is 0 Å². The van der Waals surface area contributed by atoms with Crippen LogP contribution in [0.2, 0.25) is 0 Å². The van der Waals surface area contributed by atoms with Gasteiger partial charge in [0.05, 0.1) is 17.7 Å². The lowest BCUT2D eigenvalue weighted by Crippen LogP contribution is -2.29. The molecule has 1 fully saturated rings. The molecule has 1 amide bonds. The number of nitrogens with one attached hydrogen (secondary N) is 1. The number of hydrogen-bond donors (Lipinski definition) is 3. The Morgan fingerprint density at radius 3 is 2.88 bits per heavy atom. The van der Waals surface area contributed by atoms with Gasteiger partial charge in [0.2, 0.25) is 5.95 Å². The Hall–Kier alpha value is -3.41. The summed E-state index contributed by atoms with van der Waals surface area (Å²) in [5.74, 6) is 6.69. The van der Waals surface area contributed by atoms with E-state index in [9.17, 15) is 9.90 Å². The molecule has 166 valence electrons. The summed E-state index contributed by atoms with van der Waals surface area (Å²) in [4.78, 5) is 21.1. The zero-order valence-corrected chi connectivity index (χ0v) is 18.1. The highest BCUT2D eigenvalue weighted by atomic mass is 16.5. The summed E-state index contributed by atoms with van der Waals surface area (Å²) in [6.45, 7) is 0.833. The lowest BCUT2D eigenvalue weighted by atomic mass is 9.85. The molecule has 8 nitrogen and oxygen atoms in total. The van der Waals surface area contributed by atoms with Crippen molar-refractivity contribution in [2.24, 2.45) is 0 Å². The topological polar surface area (TPSA) is 115 Å². The van der Waals surface area contributed by atoms with Gasteiger partial charge in [-0.15, -0.1) is 0 Å². The molecule has 0 saturated heterocycles. The number of amides is 1. The number of ether oxygens (including phenoxy) is 1. The molecule has 0 aliphatic heterocycles. The van der Waals surface area contributed by atoms with Gasteiger partial charge in [0, 0.05) is 37.0 Å². The summed E-state index contributed by atoms with van der Waals surface area (Å²) in [5.41, 5.74) is 6.89.